The molecule has 3 aromatic heterocycles. The molecule has 0 aliphatic heterocycles. The van der Waals surface area contributed by atoms with Crippen LogP contribution in [0.1, 0.15) is 42.0 Å². The zero-order valence-corrected chi connectivity index (χ0v) is 15.6. The van der Waals surface area contributed by atoms with E-state index in [1.54, 1.807) is 29.3 Å². The average molecular weight is 352 g/mol. The van der Waals surface area contributed by atoms with Gasteiger partial charge >= 0.3 is 0 Å². The van der Waals surface area contributed by atoms with Crippen molar-refractivity contribution in [2.75, 3.05) is 0 Å². The van der Waals surface area contributed by atoms with Gasteiger partial charge in [-0.25, -0.2) is 0 Å². The second-order valence-electron chi connectivity index (χ2n) is 6.49. The van der Waals surface area contributed by atoms with Gasteiger partial charge in [-0.1, -0.05) is 13.0 Å². The molecule has 3 aromatic rings. The number of hydrogen-bond donors (Lipinski definition) is 1. The highest BCUT2D eigenvalue weighted by atomic mass is 16.2. The van der Waals surface area contributed by atoms with Gasteiger partial charge in [-0.2, -0.15) is 10.2 Å². The zero-order valence-electron chi connectivity index (χ0n) is 15.6. The molecule has 26 heavy (non-hydrogen) atoms. The molecule has 0 saturated heterocycles. The number of aryl methyl sites for hydroxylation is 1. The predicted molar refractivity (Wildman–Crippen MR) is 99.4 cm³/mol. The number of aromatic amines is 1. The number of carbonyl (C=O) groups is 1. The Morgan fingerprint density at radius 2 is 2.19 bits per heavy atom. The van der Waals surface area contributed by atoms with Gasteiger partial charge in [-0.15, -0.1) is 0 Å². The molecule has 3 rings (SSSR count). The van der Waals surface area contributed by atoms with Gasteiger partial charge in [0.2, 0.25) is 0 Å². The number of pyridine rings is 1. The van der Waals surface area contributed by atoms with Crippen molar-refractivity contribution in [3.8, 4) is 11.3 Å². The van der Waals surface area contributed by atoms with Gasteiger partial charge in [0.15, 0.2) is 0 Å². The lowest BCUT2D eigenvalue weighted by Crippen LogP contribution is -2.38. The number of aromatic nitrogens is 5. The van der Waals surface area contributed by atoms with Crippen molar-refractivity contribution in [1.82, 2.24) is 29.9 Å². The summed E-state index contributed by atoms with van der Waals surface area (Å²) in [5, 5.41) is 11.4. The van der Waals surface area contributed by atoms with Crippen molar-refractivity contribution in [3.05, 3.63) is 53.7 Å². The van der Waals surface area contributed by atoms with Crippen molar-refractivity contribution in [2.45, 2.75) is 39.8 Å². The maximum absolute atomic E-state index is 13.1. The molecule has 0 unspecified atom stereocenters. The molecule has 7 nitrogen and oxygen atoms in total. The fourth-order valence-corrected chi connectivity index (χ4v) is 2.81. The highest BCUT2D eigenvalue weighted by molar-refractivity contribution is 5.93. The normalized spacial score (nSPS) is 12.2. The highest BCUT2D eigenvalue weighted by Gasteiger charge is 2.23. The van der Waals surface area contributed by atoms with Crippen molar-refractivity contribution < 1.29 is 4.79 Å². The van der Waals surface area contributed by atoms with Crippen LogP contribution < -0.4 is 0 Å². The Labute approximate surface area is 153 Å². The van der Waals surface area contributed by atoms with E-state index in [0.717, 1.165) is 28.9 Å². The Kier molecular flexibility index (Phi) is 5.16. The molecule has 0 fully saturated rings. The molecular weight excluding hydrogens is 328 g/mol. The quantitative estimate of drug-likeness (QED) is 0.740. The molecule has 1 amide bonds. The first kappa shape index (κ1) is 17.8. The second kappa shape index (κ2) is 7.51. The lowest BCUT2D eigenvalue weighted by molar-refractivity contribution is 0.0665. The van der Waals surface area contributed by atoms with Gasteiger partial charge < -0.3 is 4.90 Å². The fraction of sp³-hybridized carbons (Fsp3) is 0.368. The van der Waals surface area contributed by atoms with E-state index in [1.165, 1.54) is 0 Å². The van der Waals surface area contributed by atoms with Crippen LogP contribution in [0.2, 0.25) is 0 Å². The van der Waals surface area contributed by atoms with Crippen molar-refractivity contribution >= 4 is 5.91 Å². The van der Waals surface area contributed by atoms with Crippen LogP contribution in [0.4, 0.5) is 0 Å². The first-order valence-corrected chi connectivity index (χ1v) is 8.75. The van der Waals surface area contributed by atoms with Gasteiger partial charge in [0.25, 0.3) is 5.91 Å². The van der Waals surface area contributed by atoms with Crippen molar-refractivity contribution in [1.29, 1.82) is 0 Å². The maximum Gasteiger partial charge on any atom is 0.272 e. The van der Waals surface area contributed by atoms with Crippen LogP contribution in [0.5, 0.6) is 0 Å². The summed E-state index contributed by atoms with van der Waals surface area (Å²) in [4.78, 5) is 19.1. The van der Waals surface area contributed by atoms with Crippen LogP contribution in [0.25, 0.3) is 11.3 Å². The summed E-state index contributed by atoms with van der Waals surface area (Å²) < 4.78 is 1.79. The predicted octanol–water partition coefficient (Wildman–Crippen LogP) is 2.95. The molecule has 1 atom stereocenters. The number of hydrogen-bond acceptors (Lipinski definition) is 4. The monoisotopic (exact) mass is 352 g/mol. The Balaban J connectivity index is 1.86. The van der Waals surface area contributed by atoms with Crippen LogP contribution in [0.15, 0.2) is 36.8 Å². The summed E-state index contributed by atoms with van der Waals surface area (Å²) in [7, 11) is 1.89. The third-order valence-electron chi connectivity index (χ3n) is 4.78. The molecule has 136 valence electrons. The fourth-order valence-electron chi connectivity index (χ4n) is 2.81. The lowest BCUT2D eigenvalue weighted by atomic mass is 10.1. The summed E-state index contributed by atoms with van der Waals surface area (Å²) >= 11 is 0. The van der Waals surface area contributed by atoms with E-state index in [-0.39, 0.29) is 11.9 Å². The SMILES string of the molecule is CC[C@H](C)N(Cc1cccnc1)C(=O)c1cc(-c2cnn(C)c2C)n[nH]1. The topological polar surface area (TPSA) is 79.7 Å². The molecule has 0 saturated carbocycles. The lowest BCUT2D eigenvalue weighted by Gasteiger charge is -2.28. The van der Waals surface area contributed by atoms with Crippen LogP contribution in [0, 0.1) is 6.92 Å². The third-order valence-corrected chi connectivity index (χ3v) is 4.78. The van der Waals surface area contributed by atoms with Crippen LogP contribution >= 0.6 is 0 Å². The van der Waals surface area contributed by atoms with Gasteiger partial charge in [0, 0.05) is 43.3 Å². The highest BCUT2D eigenvalue weighted by Crippen LogP contribution is 2.22. The van der Waals surface area contributed by atoms with E-state index in [4.69, 9.17) is 0 Å². The Morgan fingerprint density at radius 3 is 2.81 bits per heavy atom. The minimum Gasteiger partial charge on any atom is -0.330 e. The number of rotatable bonds is 6. The first-order chi connectivity index (χ1) is 12.5. The maximum atomic E-state index is 13.1. The third kappa shape index (κ3) is 3.51. The number of nitrogens with zero attached hydrogens (tertiary/aromatic N) is 5. The van der Waals surface area contributed by atoms with Crippen molar-refractivity contribution in [2.24, 2.45) is 7.05 Å². The largest absolute Gasteiger partial charge is 0.330 e. The van der Waals surface area contributed by atoms with E-state index in [9.17, 15) is 4.79 Å². The zero-order chi connectivity index (χ0) is 18.7. The van der Waals surface area contributed by atoms with E-state index < -0.39 is 0 Å². The summed E-state index contributed by atoms with van der Waals surface area (Å²) in [6.07, 6.45) is 6.16. The number of H-pyrrole nitrogens is 1. The number of carbonyl (C=O) groups excluding carboxylic acids is 1. The van der Waals surface area contributed by atoms with Gasteiger partial charge in [0.1, 0.15) is 5.69 Å². The average Bonchev–Trinajstić information content (AvgIpc) is 3.27. The molecule has 0 radical (unpaired) electrons. The van der Waals surface area contributed by atoms with E-state index in [0.29, 0.717) is 12.2 Å². The molecule has 7 heteroatoms. The van der Waals surface area contributed by atoms with Gasteiger partial charge in [-0.3, -0.25) is 19.6 Å². The Hall–Kier alpha value is -2.96. The van der Waals surface area contributed by atoms with Gasteiger partial charge in [-0.05, 0) is 38.0 Å². The van der Waals surface area contributed by atoms with Gasteiger partial charge in [0.05, 0.1) is 11.9 Å². The Bertz CT molecular complexity index is 883. The molecule has 0 aliphatic rings. The van der Waals surface area contributed by atoms with Crippen LogP contribution in [-0.2, 0) is 13.6 Å². The smallest absolute Gasteiger partial charge is 0.272 e. The van der Waals surface area contributed by atoms with E-state index >= 15 is 0 Å². The van der Waals surface area contributed by atoms with Crippen molar-refractivity contribution in [3.63, 3.8) is 0 Å². The molecule has 1 N–H and O–H groups in total. The molecule has 0 bridgehead atoms. The molecule has 0 aromatic carbocycles. The Morgan fingerprint density at radius 1 is 1.38 bits per heavy atom. The van der Waals surface area contributed by atoms with E-state index in [2.05, 4.69) is 34.1 Å². The minimum atomic E-state index is -0.0662. The minimum absolute atomic E-state index is 0.0662. The summed E-state index contributed by atoms with van der Waals surface area (Å²) in [5.74, 6) is -0.0662. The molecule has 0 aliphatic carbocycles. The summed E-state index contributed by atoms with van der Waals surface area (Å²) in [5.41, 5.74) is 4.13. The molecule has 0 spiro atoms. The number of amides is 1. The van der Waals surface area contributed by atoms with Crippen LogP contribution in [-0.4, -0.2) is 41.8 Å². The standard InChI is InChI=1S/C19H24N6O/c1-5-13(2)25(12-15-7-6-8-20-10-15)19(26)18-9-17(22-23-18)16-11-21-24(4)14(16)3/h6-11,13H,5,12H2,1-4H3,(H,22,23)/t13-/m0/s1. The van der Waals surface area contributed by atoms with Crippen LogP contribution in [0.3, 0.4) is 0 Å². The summed E-state index contributed by atoms with van der Waals surface area (Å²) in [6.45, 7) is 6.62. The summed E-state index contributed by atoms with van der Waals surface area (Å²) in [6, 6.07) is 5.76. The molecule has 3 heterocycles. The first-order valence-electron chi connectivity index (χ1n) is 8.75. The van der Waals surface area contributed by atoms with E-state index in [1.807, 2.05) is 31.0 Å². The second-order valence-corrected chi connectivity index (χ2v) is 6.49. The molecular formula is C19H24N6O. The number of nitrogens with one attached hydrogen (secondary N) is 1.